The second-order valence-corrected chi connectivity index (χ2v) is 8.20. The lowest BCUT2D eigenvalue weighted by atomic mass is 10.0. The lowest BCUT2D eigenvalue weighted by Crippen LogP contribution is -2.48. The molecule has 0 saturated carbocycles. The number of rotatable bonds is 7. The number of hydrogen-bond acceptors (Lipinski definition) is 6. The number of thioether (sulfide) groups is 1. The van der Waals surface area contributed by atoms with Gasteiger partial charge in [0.2, 0.25) is 5.88 Å². The maximum absolute atomic E-state index is 13.8. The van der Waals surface area contributed by atoms with Crippen LogP contribution in [0.3, 0.4) is 0 Å². The molecule has 2 aromatic rings. The van der Waals surface area contributed by atoms with Crippen LogP contribution in [0, 0.1) is 11.6 Å². The molecule has 1 aliphatic rings. The third-order valence-corrected chi connectivity index (χ3v) is 5.93. The van der Waals surface area contributed by atoms with E-state index in [2.05, 4.69) is 14.7 Å². The highest BCUT2D eigenvalue weighted by Gasteiger charge is 2.38. The van der Waals surface area contributed by atoms with E-state index in [0.717, 1.165) is 28.2 Å². The molecular weight excluding hydrogens is 424 g/mol. The molecule has 0 spiro atoms. The van der Waals surface area contributed by atoms with E-state index in [1.165, 1.54) is 12.1 Å². The van der Waals surface area contributed by atoms with Crippen LogP contribution in [0.5, 0.6) is 5.88 Å². The van der Waals surface area contributed by atoms with Gasteiger partial charge in [-0.05, 0) is 12.5 Å². The summed E-state index contributed by atoms with van der Waals surface area (Å²) >= 11 is 0.860. The number of nitrogens with zero attached hydrogens (tertiary/aromatic N) is 3. The standard InChI is InChI=1S/C15H14F4N4O3S2/c16-9-3-1-2-8(13(9)17)7-27-15-21-10(6-12(22-15)26-14(18)19)11-4-5-23(11)28(20,24)25/h1-3,6,11,14H,4-5,7H2,(H2,20,24,25). The van der Waals surface area contributed by atoms with Crippen LogP contribution in [0.4, 0.5) is 17.6 Å². The Labute approximate surface area is 162 Å². The van der Waals surface area contributed by atoms with Gasteiger partial charge in [-0.25, -0.2) is 18.9 Å². The number of nitrogens with two attached hydrogens (primary N) is 1. The minimum absolute atomic E-state index is 0.0325. The van der Waals surface area contributed by atoms with Gasteiger partial charge in [0.25, 0.3) is 10.2 Å². The molecule has 1 fully saturated rings. The summed E-state index contributed by atoms with van der Waals surface area (Å²) in [7, 11) is -3.99. The Hall–Kier alpha value is -1.96. The first-order valence-corrected chi connectivity index (χ1v) is 10.3. The van der Waals surface area contributed by atoms with Gasteiger partial charge in [0, 0.05) is 23.9 Å². The van der Waals surface area contributed by atoms with Crippen LogP contribution in [0.25, 0.3) is 0 Å². The predicted molar refractivity (Wildman–Crippen MR) is 91.8 cm³/mol. The average Bonchev–Trinajstić information content (AvgIpc) is 2.53. The third kappa shape index (κ3) is 4.71. The number of benzene rings is 1. The zero-order valence-corrected chi connectivity index (χ0v) is 15.7. The van der Waals surface area contributed by atoms with Crippen molar-refractivity contribution in [2.45, 2.75) is 30.0 Å². The lowest BCUT2D eigenvalue weighted by molar-refractivity contribution is -0.0535. The first-order valence-electron chi connectivity index (χ1n) is 7.84. The van der Waals surface area contributed by atoms with E-state index in [-0.39, 0.29) is 28.7 Å². The Morgan fingerprint density at radius 2 is 2.07 bits per heavy atom. The Balaban J connectivity index is 1.87. The van der Waals surface area contributed by atoms with Gasteiger partial charge >= 0.3 is 6.61 Å². The van der Waals surface area contributed by atoms with E-state index in [1.54, 1.807) is 0 Å². The second-order valence-electron chi connectivity index (χ2n) is 5.75. The number of aromatic nitrogens is 2. The molecule has 7 nitrogen and oxygen atoms in total. The van der Waals surface area contributed by atoms with Gasteiger partial charge in [-0.3, -0.25) is 0 Å². The summed E-state index contributed by atoms with van der Waals surface area (Å²) in [4.78, 5) is 7.95. The van der Waals surface area contributed by atoms with Crippen molar-refractivity contribution in [3.05, 3.63) is 47.2 Å². The van der Waals surface area contributed by atoms with Gasteiger partial charge in [0.15, 0.2) is 16.8 Å². The van der Waals surface area contributed by atoms with Crippen LogP contribution in [0.15, 0.2) is 29.4 Å². The molecule has 13 heteroatoms. The van der Waals surface area contributed by atoms with Crippen LogP contribution >= 0.6 is 11.8 Å². The average molecular weight is 438 g/mol. The van der Waals surface area contributed by atoms with Crippen LogP contribution in [-0.2, 0) is 16.0 Å². The van der Waals surface area contributed by atoms with Crippen molar-refractivity contribution < 1.29 is 30.7 Å². The first kappa shape index (κ1) is 20.8. The molecule has 0 bridgehead atoms. The molecule has 2 heterocycles. The quantitative estimate of drug-likeness (QED) is 0.405. The normalized spacial score (nSPS) is 17.6. The fourth-order valence-corrected chi connectivity index (χ4v) is 4.33. The predicted octanol–water partition coefficient (Wildman–Crippen LogP) is 2.60. The molecule has 3 rings (SSSR count). The number of halogens is 4. The van der Waals surface area contributed by atoms with Gasteiger partial charge < -0.3 is 4.74 Å². The summed E-state index contributed by atoms with van der Waals surface area (Å²) in [6, 6.07) is 4.01. The second kappa shape index (κ2) is 8.19. The molecule has 0 amide bonds. The van der Waals surface area contributed by atoms with Crippen LogP contribution in [0.1, 0.15) is 23.7 Å². The Morgan fingerprint density at radius 3 is 2.68 bits per heavy atom. The third-order valence-electron chi connectivity index (χ3n) is 3.94. The van der Waals surface area contributed by atoms with Gasteiger partial charge in [0.1, 0.15) is 0 Å². The molecule has 1 saturated heterocycles. The van der Waals surface area contributed by atoms with Crippen molar-refractivity contribution in [3.63, 3.8) is 0 Å². The van der Waals surface area contributed by atoms with Crippen molar-refractivity contribution in [2.75, 3.05) is 6.54 Å². The highest BCUT2D eigenvalue weighted by atomic mass is 32.2. The molecule has 28 heavy (non-hydrogen) atoms. The molecule has 1 unspecified atom stereocenters. The number of hydrogen-bond donors (Lipinski definition) is 1. The monoisotopic (exact) mass is 438 g/mol. The largest absolute Gasteiger partial charge is 0.417 e. The first-order chi connectivity index (χ1) is 13.1. The van der Waals surface area contributed by atoms with Gasteiger partial charge in [-0.2, -0.15) is 26.5 Å². The highest BCUT2D eigenvalue weighted by Crippen LogP contribution is 2.36. The zero-order chi connectivity index (χ0) is 20.5. The van der Waals surface area contributed by atoms with Crippen molar-refractivity contribution in [3.8, 4) is 5.88 Å². The molecule has 1 aromatic heterocycles. The van der Waals surface area contributed by atoms with Crippen LogP contribution in [0.2, 0.25) is 0 Å². The van der Waals surface area contributed by atoms with Crippen molar-refractivity contribution in [2.24, 2.45) is 5.14 Å². The van der Waals surface area contributed by atoms with Crippen molar-refractivity contribution in [1.82, 2.24) is 14.3 Å². The lowest BCUT2D eigenvalue weighted by Gasteiger charge is -2.37. The molecule has 0 aliphatic carbocycles. The molecule has 1 atom stereocenters. The minimum Gasteiger partial charge on any atom is -0.417 e. The Kier molecular flexibility index (Phi) is 6.07. The summed E-state index contributed by atoms with van der Waals surface area (Å²) in [6.07, 6.45) is 0.379. The summed E-state index contributed by atoms with van der Waals surface area (Å²) in [5.74, 6) is -2.60. The van der Waals surface area contributed by atoms with E-state index in [0.29, 0.717) is 6.42 Å². The van der Waals surface area contributed by atoms with Gasteiger partial charge in [0.05, 0.1) is 11.7 Å². The molecule has 2 N–H and O–H groups in total. The smallest absolute Gasteiger partial charge is 0.388 e. The molecule has 1 aromatic carbocycles. The summed E-state index contributed by atoms with van der Waals surface area (Å²) in [6.45, 7) is -2.99. The van der Waals surface area contributed by atoms with Crippen LogP contribution < -0.4 is 9.88 Å². The number of alkyl halides is 2. The van der Waals surface area contributed by atoms with Crippen molar-refractivity contribution in [1.29, 1.82) is 0 Å². The summed E-state index contributed by atoms with van der Waals surface area (Å²) < 4.78 is 80.6. The van der Waals surface area contributed by atoms with E-state index in [4.69, 9.17) is 5.14 Å². The Morgan fingerprint density at radius 1 is 1.32 bits per heavy atom. The van der Waals surface area contributed by atoms with E-state index in [1.807, 2.05) is 0 Å². The fraction of sp³-hybridized carbons (Fsp3) is 0.333. The maximum atomic E-state index is 13.8. The fourth-order valence-electron chi connectivity index (χ4n) is 2.57. The molecule has 1 aliphatic heterocycles. The summed E-state index contributed by atoms with van der Waals surface area (Å²) in [5, 5.41) is 5.05. The zero-order valence-electron chi connectivity index (χ0n) is 14.1. The molecule has 0 radical (unpaired) electrons. The van der Waals surface area contributed by atoms with E-state index >= 15 is 0 Å². The highest BCUT2D eigenvalue weighted by molar-refractivity contribution is 7.98. The van der Waals surface area contributed by atoms with E-state index in [9.17, 15) is 26.0 Å². The van der Waals surface area contributed by atoms with Crippen LogP contribution in [-0.4, -0.2) is 35.8 Å². The molecule has 152 valence electrons. The van der Waals surface area contributed by atoms with E-state index < -0.39 is 40.4 Å². The topological polar surface area (TPSA) is 98.4 Å². The van der Waals surface area contributed by atoms with Gasteiger partial charge in [-0.15, -0.1) is 0 Å². The maximum Gasteiger partial charge on any atom is 0.388 e. The minimum atomic E-state index is -3.99. The Bertz CT molecular complexity index is 978. The molecular formula is C15H14F4N4O3S2. The number of ether oxygens (including phenoxy) is 1. The summed E-state index contributed by atoms with van der Waals surface area (Å²) in [5.41, 5.74) is 0.151. The SMILES string of the molecule is NS(=O)(=O)N1CCC1c1cc(OC(F)F)nc(SCc2cccc(F)c2F)n1. The van der Waals surface area contributed by atoms with Crippen molar-refractivity contribution >= 4 is 22.0 Å². The van der Waals surface area contributed by atoms with Gasteiger partial charge in [-0.1, -0.05) is 23.9 Å².